The third-order valence-electron chi connectivity index (χ3n) is 6.33. The smallest absolute Gasteiger partial charge is 0.264 e. The van der Waals surface area contributed by atoms with Gasteiger partial charge in [-0.1, -0.05) is 5.92 Å². The summed E-state index contributed by atoms with van der Waals surface area (Å²) in [5.41, 5.74) is 1.72. The van der Waals surface area contributed by atoms with Crippen LogP contribution in [-0.2, 0) is 10.0 Å². The van der Waals surface area contributed by atoms with Crippen molar-refractivity contribution in [3.05, 3.63) is 64.3 Å². The van der Waals surface area contributed by atoms with E-state index in [-0.39, 0.29) is 37.0 Å². The molecule has 0 radical (unpaired) electrons. The van der Waals surface area contributed by atoms with E-state index in [1.54, 1.807) is 47.4 Å². The fourth-order valence-corrected chi connectivity index (χ4v) is 6.98. The summed E-state index contributed by atoms with van der Waals surface area (Å²) in [6.45, 7) is 0.336. The summed E-state index contributed by atoms with van der Waals surface area (Å²) in [6.07, 6.45) is 7.34. The van der Waals surface area contributed by atoms with Gasteiger partial charge in [0.2, 0.25) is 5.52 Å². The van der Waals surface area contributed by atoms with Crippen molar-refractivity contribution in [1.29, 1.82) is 5.26 Å². The molecule has 1 aromatic carbocycles. The number of carbonyl (C=O) groups excluding carboxylic acids is 1. The Labute approximate surface area is 211 Å². The lowest BCUT2D eigenvalue weighted by atomic mass is 10.1. The van der Waals surface area contributed by atoms with Crippen LogP contribution >= 0.6 is 11.3 Å². The molecule has 0 spiro atoms. The number of aromatic amines is 1. The minimum atomic E-state index is -3.88. The van der Waals surface area contributed by atoms with Gasteiger partial charge in [-0.3, -0.25) is 4.79 Å². The standard InChI is InChI=1S/C25H21N5O4S2/c1-2-17-7-8-20-18(13-17)14-24(27-20)36(33,34)28-11-12-29(19(16-28)5-3-9-26)25(31)23-15-21-22(35-23)6-4-10-30(21)32/h1,4,6-8,10,13-15,19,27H,3,5,11-12,16H2. The lowest BCUT2D eigenvalue weighted by Crippen LogP contribution is -2.56. The zero-order valence-electron chi connectivity index (χ0n) is 19.0. The Hall–Kier alpha value is -3.90. The Morgan fingerprint density at radius 1 is 1.28 bits per heavy atom. The summed E-state index contributed by atoms with van der Waals surface area (Å²) in [5, 5.41) is 22.0. The first-order chi connectivity index (χ1) is 17.3. The highest BCUT2D eigenvalue weighted by Gasteiger charge is 2.37. The molecule has 0 bridgehead atoms. The summed E-state index contributed by atoms with van der Waals surface area (Å²) in [4.78, 5) is 18.4. The number of hydrogen-bond donors (Lipinski definition) is 1. The number of thiophene rings is 1. The minimum absolute atomic E-state index is 0.0509. The molecule has 4 aromatic rings. The van der Waals surface area contributed by atoms with Crippen molar-refractivity contribution >= 4 is 48.4 Å². The Bertz CT molecular complexity index is 1680. The lowest BCUT2D eigenvalue weighted by molar-refractivity contribution is -0.576. The fraction of sp³-hybridized carbons (Fsp3) is 0.240. The lowest BCUT2D eigenvalue weighted by Gasteiger charge is -2.40. The molecule has 3 aromatic heterocycles. The number of aromatic nitrogens is 2. The van der Waals surface area contributed by atoms with Gasteiger partial charge in [0.05, 0.1) is 10.9 Å². The summed E-state index contributed by atoms with van der Waals surface area (Å²) >= 11 is 1.22. The number of fused-ring (bicyclic) bond motifs is 2. The van der Waals surface area contributed by atoms with Crippen molar-refractivity contribution < 1.29 is 17.9 Å². The molecule has 1 fully saturated rings. The van der Waals surface area contributed by atoms with Crippen LogP contribution in [-0.4, -0.2) is 54.2 Å². The van der Waals surface area contributed by atoms with Crippen molar-refractivity contribution in [1.82, 2.24) is 14.2 Å². The van der Waals surface area contributed by atoms with Crippen LogP contribution in [0.5, 0.6) is 0 Å². The normalized spacial score (nSPS) is 16.7. The second kappa shape index (κ2) is 9.28. The fourth-order valence-electron chi connectivity index (χ4n) is 4.49. The average Bonchev–Trinajstić information content (AvgIpc) is 3.52. The molecule has 1 atom stereocenters. The van der Waals surface area contributed by atoms with Gasteiger partial charge in [0.15, 0.2) is 6.20 Å². The molecular weight excluding hydrogens is 498 g/mol. The molecule has 1 saturated heterocycles. The van der Waals surface area contributed by atoms with E-state index >= 15 is 0 Å². The molecule has 36 heavy (non-hydrogen) atoms. The number of nitrogens with zero attached hydrogens (tertiary/aromatic N) is 4. The monoisotopic (exact) mass is 519 g/mol. The molecule has 0 saturated carbocycles. The molecule has 1 N–H and O–H groups in total. The van der Waals surface area contributed by atoms with Gasteiger partial charge in [0.1, 0.15) is 9.73 Å². The highest BCUT2D eigenvalue weighted by molar-refractivity contribution is 7.89. The number of benzene rings is 1. The third kappa shape index (κ3) is 4.18. The van der Waals surface area contributed by atoms with Gasteiger partial charge in [-0.2, -0.15) is 14.3 Å². The van der Waals surface area contributed by atoms with Gasteiger partial charge in [0, 0.05) is 60.7 Å². The van der Waals surface area contributed by atoms with Crippen molar-refractivity contribution in [2.45, 2.75) is 23.9 Å². The minimum Gasteiger partial charge on any atom is -0.618 e. The van der Waals surface area contributed by atoms with Crippen LogP contribution in [0.1, 0.15) is 28.1 Å². The van der Waals surface area contributed by atoms with E-state index in [0.29, 0.717) is 42.7 Å². The Morgan fingerprint density at radius 2 is 2.11 bits per heavy atom. The largest absolute Gasteiger partial charge is 0.618 e. The molecule has 182 valence electrons. The number of hydrogen-bond acceptors (Lipinski definition) is 6. The molecule has 1 aliphatic heterocycles. The molecule has 0 aliphatic carbocycles. The number of amides is 1. The van der Waals surface area contributed by atoms with Gasteiger partial charge in [-0.05, 0) is 36.8 Å². The van der Waals surface area contributed by atoms with Gasteiger partial charge in [0.25, 0.3) is 15.9 Å². The second-order valence-corrected chi connectivity index (χ2v) is 11.5. The molecule has 1 amide bonds. The molecule has 1 unspecified atom stereocenters. The second-order valence-electron chi connectivity index (χ2n) is 8.49. The summed E-state index contributed by atoms with van der Waals surface area (Å²) in [7, 11) is -3.88. The Balaban J connectivity index is 1.42. The number of H-pyrrole nitrogens is 1. The zero-order chi connectivity index (χ0) is 25.4. The predicted molar refractivity (Wildman–Crippen MR) is 135 cm³/mol. The van der Waals surface area contributed by atoms with Crippen LogP contribution in [0.25, 0.3) is 21.1 Å². The average molecular weight is 520 g/mol. The maximum absolute atomic E-state index is 13.5. The van der Waals surface area contributed by atoms with Crippen molar-refractivity contribution in [3.8, 4) is 18.4 Å². The molecule has 11 heteroatoms. The highest BCUT2D eigenvalue weighted by Crippen LogP contribution is 2.29. The van der Waals surface area contributed by atoms with Crippen LogP contribution in [0.15, 0.2) is 53.7 Å². The number of carbonyl (C=O) groups is 1. The first kappa shape index (κ1) is 23.8. The van der Waals surface area contributed by atoms with E-state index in [4.69, 9.17) is 11.7 Å². The van der Waals surface area contributed by atoms with Crippen molar-refractivity contribution in [2.24, 2.45) is 0 Å². The quantitative estimate of drug-likeness (QED) is 0.247. The molecule has 9 nitrogen and oxygen atoms in total. The number of terminal acetylenes is 1. The number of nitriles is 1. The van der Waals surface area contributed by atoms with Crippen molar-refractivity contribution in [3.63, 3.8) is 0 Å². The van der Waals surface area contributed by atoms with Crippen LogP contribution < -0.4 is 4.73 Å². The van der Waals surface area contributed by atoms with Gasteiger partial charge < -0.3 is 15.1 Å². The third-order valence-corrected chi connectivity index (χ3v) is 9.20. The predicted octanol–water partition coefficient (Wildman–Crippen LogP) is 2.82. The van der Waals surface area contributed by atoms with Crippen LogP contribution in [0.2, 0.25) is 0 Å². The van der Waals surface area contributed by atoms with E-state index < -0.39 is 16.1 Å². The van der Waals surface area contributed by atoms with E-state index in [2.05, 4.69) is 17.0 Å². The Morgan fingerprint density at radius 3 is 2.86 bits per heavy atom. The van der Waals surface area contributed by atoms with Crippen LogP contribution in [0, 0.1) is 28.9 Å². The number of piperazine rings is 1. The Kier molecular flexibility index (Phi) is 6.14. The van der Waals surface area contributed by atoms with E-state index in [0.717, 1.165) is 0 Å². The van der Waals surface area contributed by atoms with Gasteiger partial charge >= 0.3 is 0 Å². The SMILES string of the molecule is C#Cc1ccc2[nH]c(S(=O)(=O)N3CCN(C(=O)c4cc5c(ccc[n+]5[O-])s4)C(CCC#N)C3)cc2c1. The summed E-state index contributed by atoms with van der Waals surface area (Å²) in [5.74, 6) is 2.27. The van der Waals surface area contributed by atoms with Gasteiger partial charge in [-0.15, -0.1) is 17.8 Å². The zero-order valence-corrected chi connectivity index (χ0v) is 20.7. The topological polar surface area (TPSA) is 124 Å². The highest BCUT2D eigenvalue weighted by atomic mass is 32.2. The van der Waals surface area contributed by atoms with Crippen molar-refractivity contribution in [2.75, 3.05) is 19.6 Å². The maximum Gasteiger partial charge on any atom is 0.264 e. The van der Waals surface area contributed by atoms with Crippen LogP contribution in [0.3, 0.4) is 0 Å². The van der Waals surface area contributed by atoms with E-state index in [1.165, 1.54) is 21.8 Å². The number of nitrogens with one attached hydrogen (secondary N) is 1. The number of sulfonamides is 1. The molecular formula is C25H21N5O4S2. The van der Waals surface area contributed by atoms with E-state index in [1.807, 2.05) is 0 Å². The molecule has 4 heterocycles. The summed E-state index contributed by atoms with van der Waals surface area (Å²) < 4.78 is 29.7. The van der Waals surface area contributed by atoms with Gasteiger partial charge in [-0.25, -0.2) is 8.42 Å². The first-order valence-electron chi connectivity index (χ1n) is 11.2. The van der Waals surface area contributed by atoms with Crippen LogP contribution in [0.4, 0.5) is 0 Å². The maximum atomic E-state index is 13.5. The van der Waals surface area contributed by atoms with E-state index in [9.17, 15) is 18.4 Å². The summed E-state index contributed by atoms with van der Waals surface area (Å²) in [6, 6.07) is 13.3. The number of pyridine rings is 1. The number of rotatable bonds is 5. The molecule has 1 aliphatic rings. The first-order valence-corrected chi connectivity index (χ1v) is 13.5. The molecule has 5 rings (SSSR count).